The minimum absolute atomic E-state index is 0.443. The lowest BCUT2D eigenvalue weighted by Crippen LogP contribution is -2.07. The van der Waals surface area contributed by atoms with Gasteiger partial charge in [-0.25, -0.2) is 0 Å². The average Bonchev–Trinajstić information content (AvgIpc) is 2.28. The number of hydrogen-bond donors (Lipinski definition) is 1. The molecule has 0 bridgehead atoms. The summed E-state index contributed by atoms with van der Waals surface area (Å²) in [5.41, 5.74) is 17.6. The van der Waals surface area contributed by atoms with E-state index in [1.807, 2.05) is 30.3 Å². The minimum atomic E-state index is 0.443. The summed E-state index contributed by atoms with van der Waals surface area (Å²) < 4.78 is 0. The van der Waals surface area contributed by atoms with Crippen molar-refractivity contribution in [2.24, 2.45) is 0 Å². The lowest BCUT2D eigenvalue weighted by molar-refractivity contribution is -0.00454. The predicted octanol–water partition coefficient (Wildman–Crippen LogP) is 2.85. The van der Waals surface area contributed by atoms with Gasteiger partial charge in [0.1, 0.15) is 0 Å². The zero-order valence-electron chi connectivity index (χ0n) is 8.52. The monoisotopic (exact) mass is 231 g/mol. The van der Waals surface area contributed by atoms with Crippen LogP contribution in [0.15, 0.2) is 41.4 Å². The summed E-state index contributed by atoms with van der Waals surface area (Å²) in [7, 11) is 0. The molecule has 1 aromatic rings. The number of allylic oxidation sites excluding steroid dienone is 4. The van der Waals surface area contributed by atoms with Gasteiger partial charge in [0.15, 0.2) is 0 Å². The molecule has 0 saturated heterocycles. The van der Waals surface area contributed by atoms with Gasteiger partial charge in [0, 0.05) is 10.7 Å². The highest BCUT2D eigenvalue weighted by molar-refractivity contribution is 6.35. The topological polar surface area (TPSA) is 62.4 Å². The highest BCUT2D eigenvalue weighted by atomic mass is 35.5. The van der Waals surface area contributed by atoms with E-state index < -0.39 is 0 Å². The third-order valence-electron chi connectivity index (χ3n) is 2.40. The summed E-state index contributed by atoms with van der Waals surface area (Å²) in [6.45, 7) is 0. The molecule has 2 rings (SSSR count). The molecule has 1 aliphatic carbocycles. The van der Waals surface area contributed by atoms with Gasteiger partial charge in [-0.2, -0.15) is 4.79 Å². The zero-order valence-corrected chi connectivity index (χ0v) is 9.28. The van der Waals surface area contributed by atoms with Gasteiger partial charge in [0.2, 0.25) is 0 Å². The number of nitrogen functional groups attached to an aromatic ring is 1. The highest BCUT2D eigenvalue weighted by Gasteiger charge is 2.21. The van der Waals surface area contributed by atoms with Gasteiger partial charge in [0.25, 0.3) is 0 Å². The van der Waals surface area contributed by atoms with Crippen LogP contribution in [-0.4, -0.2) is 10.5 Å². The molecule has 16 heavy (non-hydrogen) atoms. The molecule has 2 N–H and O–H groups in total. The number of hydrogen-bond acceptors (Lipinski definition) is 1. The highest BCUT2D eigenvalue weighted by Crippen LogP contribution is 2.26. The number of nitrogens with two attached hydrogens (primary N) is 1. The normalized spacial score (nSPS) is 15.2. The molecule has 0 unspecified atom stereocenters. The molecule has 1 aliphatic rings. The number of anilines is 1. The Labute approximate surface area is 98.5 Å². The fourth-order valence-corrected chi connectivity index (χ4v) is 1.83. The first-order valence-electron chi connectivity index (χ1n) is 4.84. The zero-order chi connectivity index (χ0) is 11.5. The number of benzene rings is 1. The van der Waals surface area contributed by atoms with Crippen molar-refractivity contribution in [2.75, 3.05) is 5.73 Å². The minimum Gasteiger partial charge on any atom is -0.399 e. The molecule has 3 nitrogen and oxygen atoms in total. The molecule has 0 aromatic heterocycles. The van der Waals surface area contributed by atoms with E-state index in [1.54, 1.807) is 6.08 Å². The van der Waals surface area contributed by atoms with Gasteiger partial charge < -0.3 is 11.3 Å². The summed E-state index contributed by atoms with van der Waals surface area (Å²) in [4.78, 5) is 3.27. The maximum absolute atomic E-state index is 8.94. The van der Waals surface area contributed by atoms with Crippen molar-refractivity contribution in [3.05, 3.63) is 52.5 Å². The molecule has 0 amide bonds. The number of rotatable bonds is 1. The molecule has 0 atom stereocenters. The second kappa shape index (κ2) is 4.35. The molecule has 80 valence electrons. The van der Waals surface area contributed by atoms with Crippen LogP contribution >= 0.6 is 11.6 Å². The molecule has 0 fully saturated rings. The quantitative estimate of drug-likeness (QED) is 0.451. The van der Waals surface area contributed by atoms with E-state index in [2.05, 4.69) is 4.79 Å². The van der Waals surface area contributed by atoms with Crippen molar-refractivity contribution < 1.29 is 4.79 Å². The standard InChI is InChI=1S/C12H10ClN3/c13-9-4-5-11(12(7-9)16-15)8-2-1-3-10(14)6-8/h1-6H,7,14H2. The first-order valence-corrected chi connectivity index (χ1v) is 5.22. The van der Waals surface area contributed by atoms with E-state index in [0.29, 0.717) is 22.9 Å². The Morgan fingerprint density at radius 3 is 2.81 bits per heavy atom. The Morgan fingerprint density at radius 1 is 1.31 bits per heavy atom. The van der Waals surface area contributed by atoms with E-state index >= 15 is 0 Å². The Kier molecular flexibility index (Phi) is 2.91. The maximum atomic E-state index is 8.94. The van der Waals surface area contributed by atoms with Gasteiger partial charge in [-0.05, 0) is 29.8 Å². The summed E-state index contributed by atoms with van der Waals surface area (Å²) in [6.07, 6.45) is 4.07. The second-order valence-electron chi connectivity index (χ2n) is 3.54. The van der Waals surface area contributed by atoms with Crippen LogP contribution in [0.1, 0.15) is 12.0 Å². The van der Waals surface area contributed by atoms with Gasteiger partial charge >= 0.3 is 5.71 Å². The molecular weight excluding hydrogens is 222 g/mol. The van der Waals surface area contributed by atoms with Crippen LogP contribution in [0.4, 0.5) is 5.69 Å². The molecule has 0 spiro atoms. The van der Waals surface area contributed by atoms with E-state index in [9.17, 15) is 0 Å². The fourth-order valence-electron chi connectivity index (χ4n) is 1.64. The fraction of sp³-hybridized carbons (Fsp3) is 0.0833. The van der Waals surface area contributed by atoms with E-state index in [0.717, 1.165) is 11.1 Å². The third-order valence-corrected chi connectivity index (χ3v) is 2.66. The summed E-state index contributed by atoms with van der Waals surface area (Å²) in [5.74, 6) is 0. The molecule has 1 aromatic carbocycles. The Bertz CT molecular complexity index is 537. The molecule has 4 heteroatoms. The van der Waals surface area contributed by atoms with E-state index in [-0.39, 0.29) is 0 Å². The van der Waals surface area contributed by atoms with Crippen LogP contribution in [0.5, 0.6) is 0 Å². The average molecular weight is 232 g/mol. The van der Waals surface area contributed by atoms with Crippen molar-refractivity contribution >= 4 is 28.6 Å². The molecular formula is C12H10ClN3. The van der Waals surface area contributed by atoms with Crippen LogP contribution < -0.4 is 5.73 Å². The molecule has 0 aliphatic heterocycles. The summed E-state index contributed by atoms with van der Waals surface area (Å²) >= 11 is 5.87. The van der Waals surface area contributed by atoms with Crippen molar-refractivity contribution in [3.8, 4) is 0 Å². The number of nitrogens with zero attached hydrogens (tertiary/aromatic N) is 2. The van der Waals surface area contributed by atoms with Crippen LogP contribution in [-0.2, 0) is 0 Å². The lowest BCUT2D eigenvalue weighted by Gasteiger charge is -2.07. The van der Waals surface area contributed by atoms with E-state index in [1.165, 1.54) is 0 Å². The SMILES string of the molecule is [N-]=[N+]=C1CC(Cl)=CC=C1c1cccc(N)c1. The smallest absolute Gasteiger partial charge is 0.305 e. The van der Waals surface area contributed by atoms with Gasteiger partial charge in [-0.15, -0.1) is 0 Å². The van der Waals surface area contributed by atoms with Crippen molar-refractivity contribution in [2.45, 2.75) is 6.42 Å². The van der Waals surface area contributed by atoms with Crippen LogP contribution in [0.25, 0.3) is 11.1 Å². The first-order chi connectivity index (χ1) is 7.70. The number of halogens is 1. The first kappa shape index (κ1) is 10.7. The van der Waals surface area contributed by atoms with Gasteiger partial charge in [-0.3, -0.25) is 0 Å². The van der Waals surface area contributed by atoms with Crippen LogP contribution in [0.3, 0.4) is 0 Å². The molecule has 0 radical (unpaired) electrons. The van der Waals surface area contributed by atoms with Gasteiger partial charge in [0.05, 0.1) is 12.0 Å². The van der Waals surface area contributed by atoms with Crippen LogP contribution in [0.2, 0.25) is 0 Å². The predicted molar refractivity (Wildman–Crippen MR) is 66.0 cm³/mol. The molecule has 0 saturated carbocycles. The van der Waals surface area contributed by atoms with Gasteiger partial charge in [-0.1, -0.05) is 23.7 Å². The Balaban J connectivity index is 2.51. The van der Waals surface area contributed by atoms with E-state index in [4.69, 9.17) is 22.9 Å². The summed E-state index contributed by atoms with van der Waals surface area (Å²) in [5, 5.41) is 0.653. The second-order valence-corrected chi connectivity index (χ2v) is 4.03. The Morgan fingerprint density at radius 2 is 2.12 bits per heavy atom. The lowest BCUT2D eigenvalue weighted by atomic mass is 9.95. The summed E-state index contributed by atoms with van der Waals surface area (Å²) in [6, 6.07) is 7.43. The maximum Gasteiger partial charge on any atom is 0.305 e. The van der Waals surface area contributed by atoms with Crippen molar-refractivity contribution in [1.29, 1.82) is 0 Å². The van der Waals surface area contributed by atoms with Crippen LogP contribution in [0, 0.1) is 0 Å². The molecule has 0 heterocycles. The van der Waals surface area contributed by atoms with Crippen molar-refractivity contribution in [1.82, 2.24) is 0 Å². The van der Waals surface area contributed by atoms with Crippen molar-refractivity contribution in [3.63, 3.8) is 0 Å². The third kappa shape index (κ3) is 2.06. The Hall–Kier alpha value is -1.83. The largest absolute Gasteiger partial charge is 0.399 e.